The summed E-state index contributed by atoms with van der Waals surface area (Å²) in [6.45, 7) is 5.60. The van der Waals surface area contributed by atoms with Gasteiger partial charge < -0.3 is 9.73 Å². The first-order valence-electron chi connectivity index (χ1n) is 10.7. The van der Waals surface area contributed by atoms with Crippen molar-refractivity contribution in [3.05, 3.63) is 77.9 Å². The Labute approximate surface area is 176 Å². The summed E-state index contributed by atoms with van der Waals surface area (Å²) < 4.78 is 5.92. The molecular weight excluding hydrogens is 372 g/mol. The van der Waals surface area contributed by atoms with Gasteiger partial charge in [0.25, 0.3) is 5.91 Å². The molecule has 0 aliphatic carbocycles. The van der Waals surface area contributed by atoms with Crippen molar-refractivity contribution in [1.29, 1.82) is 0 Å². The molecule has 0 bridgehead atoms. The highest BCUT2D eigenvalue weighted by atomic mass is 16.3. The van der Waals surface area contributed by atoms with Gasteiger partial charge in [0.15, 0.2) is 0 Å². The Bertz CT molecular complexity index is 1190. The molecular formula is C26H26N2O2. The summed E-state index contributed by atoms with van der Waals surface area (Å²) in [6.07, 6.45) is 2.60. The second-order valence-corrected chi connectivity index (χ2v) is 8.44. The Morgan fingerprint density at radius 1 is 1.03 bits per heavy atom. The van der Waals surface area contributed by atoms with E-state index in [1.54, 1.807) is 0 Å². The summed E-state index contributed by atoms with van der Waals surface area (Å²) in [5.74, 6) is 0.663. The van der Waals surface area contributed by atoms with Gasteiger partial charge in [-0.15, -0.1) is 0 Å². The average molecular weight is 399 g/mol. The number of benzene rings is 3. The number of furan rings is 1. The van der Waals surface area contributed by atoms with Gasteiger partial charge in [-0.3, -0.25) is 9.69 Å². The van der Waals surface area contributed by atoms with Crippen molar-refractivity contribution in [2.45, 2.75) is 26.3 Å². The summed E-state index contributed by atoms with van der Waals surface area (Å²) in [6, 6.07) is 21.7. The van der Waals surface area contributed by atoms with E-state index in [0.29, 0.717) is 5.56 Å². The maximum Gasteiger partial charge on any atom is 0.255 e. The lowest BCUT2D eigenvalue weighted by Crippen LogP contribution is -2.33. The van der Waals surface area contributed by atoms with Gasteiger partial charge >= 0.3 is 0 Å². The number of rotatable bonds is 4. The Morgan fingerprint density at radius 3 is 2.67 bits per heavy atom. The second-order valence-electron chi connectivity index (χ2n) is 8.44. The van der Waals surface area contributed by atoms with E-state index < -0.39 is 0 Å². The van der Waals surface area contributed by atoms with Crippen LogP contribution in [0.4, 0.5) is 5.69 Å². The Balaban J connectivity index is 1.28. The third kappa shape index (κ3) is 3.83. The molecule has 0 spiro atoms. The fourth-order valence-electron chi connectivity index (χ4n) is 4.46. The molecule has 1 N–H and O–H groups in total. The Kier molecular flexibility index (Phi) is 5.01. The van der Waals surface area contributed by atoms with Gasteiger partial charge in [0.05, 0.1) is 0 Å². The minimum absolute atomic E-state index is 0.108. The summed E-state index contributed by atoms with van der Waals surface area (Å²) in [5, 5.41) is 5.13. The maximum absolute atomic E-state index is 12.7. The highest BCUT2D eigenvalue weighted by Gasteiger charge is 2.16. The highest BCUT2D eigenvalue weighted by molar-refractivity contribution is 6.08. The minimum atomic E-state index is -0.108. The van der Waals surface area contributed by atoms with E-state index in [2.05, 4.69) is 29.3 Å². The number of nitrogens with zero attached hydrogens (tertiary/aromatic N) is 1. The molecule has 1 aliphatic rings. The highest BCUT2D eigenvalue weighted by Crippen LogP contribution is 2.30. The molecule has 1 unspecified atom stereocenters. The van der Waals surface area contributed by atoms with Crippen molar-refractivity contribution < 1.29 is 9.21 Å². The van der Waals surface area contributed by atoms with Crippen molar-refractivity contribution in [1.82, 2.24) is 4.90 Å². The van der Waals surface area contributed by atoms with Crippen LogP contribution >= 0.6 is 0 Å². The van der Waals surface area contributed by atoms with Crippen LogP contribution in [-0.2, 0) is 6.54 Å². The SMILES string of the molecule is CC1CCCN(Cc2ccc(C(=O)Nc3ccc4c(c3)oc3ccccc34)cc2)C1. The summed E-state index contributed by atoms with van der Waals surface area (Å²) >= 11 is 0. The standard InChI is InChI=1S/C26H26N2O2/c1-18-5-4-14-28(16-18)17-19-8-10-20(11-9-19)26(29)27-21-12-13-23-22-6-2-3-7-24(22)30-25(23)15-21/h2-3,6-13,15,18H,4-5,14,16-17H2,1H3,(H,27,29). The summed E-state index contributed by atoms with van der Waals surface area (Å²) in [5.41, 5.74) is 4.28. The van der Waals surface area contributed by atoms with Crippen LogP contribution in [0.5, 0.6) is 0 Å². The lowest BCUT2D eigenvalue weighted by atomic mass is 9.99. The zero-order valence-electron chi connectivity index (χ0n) is 17.2. The van der Waals surface area contributed by atoms with E-state index in [9.17, 15) is 4.79 Å². The quantitative estimate of drug-likeness (QED) is 0.454. The molecule has 1 amide bonds. The number of hydrogen-bond acceptors (Lipinski definition) is 3. The topological polar surface area (TPSA) is 45.5 Å². The van der Waals surface area contributed by atoms with Gasteiger partial charge in [-0.2, -0.15) is 0 Å². The first-order chi connectivity index (χ1) is 14.7. The summed E-state index contributed by atoms with van der Waals surface area (Å²) in [4.78, 5) is 15.2. The monoisotopic (exact) mass is 398 g/mol. The van der Waals surface area contributed by atoms with Crippen molar-refractivity contribution in [2.24, 2.45) is 5.92 Å². The van der Waals surface area contributed by atoms with Crippen molar-refractivity contribution in [2.75, 3.05) is 18.4 Å². The van der Waals surface area contributed by atoms with E-state index in [1.807, 2.05) is 54.6 Å². The zero-order valence-corrected chi connectivity index (χ0v) is 17.2. The predicted octanol–water partition coefficient (Wildman–Crippen LogP) is 6.07. The van der Waals surface area contributed by atoms with Crippen molar-refractivity contribution in [3.8, 4) is 0 Å². The van der Waals surface area contributed by atoms with E-state index in [0.717, 1.165) is 53.2 Å². The molecule has 5 rings (SSSR count). The molecule has 1 saturated heterocycles. The molecule has 4 heteroatoms. The van der Waals surface area contributed by atoms with Crippen molar-refractivity contribution >= 4 is 33.5 Å². The molecule has 0 saturated carbocycles. The van der Waals surface area contributed by atoms with Crippen LogP contribution in [0, 0.1) is 5.92 Å². The second kappa shape index (κ2) is 7.96. The number of likely N-dealkylation sites (tertiary alicyclic amines) is 1. The van der Waals surface area contributed by atoms with Gasteiger partial charge in [-0.25, -0.2) is 0 Å². The molecule has 1 fully saturated rings. The normalized spacial score (nSPS) is 17.4. The number of carbonyl (C=O) groups is 1. The lowest BCUT2D eigenvalue weighted by Gasteiger charge is -2.30. The number of amides is 1. The fraction of sp³-hybridized carbons (Fsp3) is 0.269. The minimum Gasteiger partial charge on any atom is -0.456 e. The van der Waals surface area contributed by atoms with E-state index in [1.165, 1.54) is 18.4 Å². The number of piperidine rings is 1. The third-order valence-corrected chi connectivity index (χ3v) is 6.00. The molecule has 1 atom stereocenters. The number of hydrogen-bond donors (Lipinski definition) is 1. The van der Waals surface area contributed by atoms with Gasteiger partial charge in [0.2, 0.25) is 0 Å². The first kappa shape index (κ1) is 18.9. The summed E-state index contributed by atoms with van der Waals surface area (Å²) in [7, 11) is 0. The largest absolute Gasteiger partial charge is 0.456 e. The van der Waals surface area contributed by atoms with Crippen LogP contribution in [0.3, 0.4) is 0 Å². The Morgan fingerprint density at radius 2 is 1.83 bits per heavy atom. The smallest absolute Gasteiger partial charge is 0.255 e. The molecule has 4 nitrogen and oxygen atoms in total. The van der Waals surface area contributed by atoms with E-state index in [4.69, 9.17) is 4.42 Å². The zero-order chi connectivity index (χ0) is 20.5. The van der Waals surface area contributed by atoms with Crippen LogP contribution in [-0.4, -0.2) is 23.9 Å². The molecule has 2 heterocycles. The number of nitrogens with one attached hydrogen (secondary N) is 1. The predicted molar refractivity (Wildman–Crippen MR) is 122 cm³/mol. The first-order valence-corrected chi connectivity index (χ1v) is 10.7. The van der Waals surface area contributed by atoms with E-state index in [-0.39, 0.29) is 5.91 Å². The van der Waals surface area contributed by atoms with Gasteiger partial charge in [0.1, 0.15) is 11.2 Å². The van der Waals surface area contributed by atoms with Crippen LogP contribution in [0.25, 0.3) is 21.9 Å². The van der Waals surface area contributed by atoms with Gasteiger partial charge in [-0.1, -0.05) is 37.3 Å². The molecule has 1 aromatic heterocycles. The van der Waals surface area contributed by atoms with Gasteiger partial charge in [-0.05, 0) is 61.2 Å². The Hall–Kier alpha value is -3.11. The number of fused-ring (bicyclic) bond motifs is 3. The maximum atomic E-state index is 12.7. The van der Waals surface area contributed by atoms with Crippen LogP contribution in [0.15, 0.2) is 71.1 Å². The molecule has 152 valence electrons. The molecule has 4 aromatic rings. The number of para-hydroxylation sites is 1. The van der Waals surface area contributed by atoms with Crippen LogP contribution < -0.4 is 5.32 Å². The van der Waals surface area contributed by atoms with Crippen LogP contribution in [0.1, 0.15) is 35.7 Å². The molecule has 0 radical (unpaired) electrons. The van der Waals surface area contributed by atoms with Gasteiger partial charge in [0, 0.05) is 41.2 Å². The average Bonchev–Trinajstić information content (AvgIpc) is 3.12. The number of carbonyl (C=O) groups excluding carboxylic acids is 1. The van der Waals surface area contributed by atoms with Crippen LogP contribution in [0.2, 0.25) is 0 Å². The van der Waals surface area contributed by atoms with E-state index >= 15 is 0 Å². The third-order valence-electron chi connectivity index (χ3n) is 6.00. The fourth-order valence-corrected chi connectivity index (χ4v) is 4.46. The van der Waals surface area contributed by atoms with Crippen molar-refractivity contribution in [3.63, 3.8) is 0 Å². The molecule has 1 aliphatic heterocycles. The number of anilines is 1. The lowest BCUT2D eigenvalue weighted by molar-refractivity contribution is 0.102. The molecule has 30 heavy (non-hydrogen) atoms. The molecule has 3 aromatic carbocycles.